The highest BCUT2D eigenvalue weighted by Crippen LogP contribution is 2.21. The zero-order valence-electron chi connectivity index (χ0n) is 8.83. The first-order valence-electron chi connectivity index (χ1n) is 5.31. The van der Waals surface area contributed by atoms with E-state index in [4.69, 9.17) is 16.3 Å². The molecule has 2 nitrogen and oxygen atoms in total. The van der Waals surface area contributed by atoms with Gasteiger partial charge in [0, 0.05) is 30.0 Å². The van der Waals surface area contributed by atoms with E-state index in [-0.39, 0.29) is 0 Å². The molecule has 4 heteroatoms. The molecule has 2 unspecified atom stereocenters. The molecule has 1 aromatic rings. The van der Waals surface area contributed by atoms with E-state index in [2.05, 4.69) is 12.2 Å². The van der Waals surface area contributed by atoms with Crippen LogP contribution in [0.1, 0.15) is 18.2 Å². The minimum atomic E-state index is 0.407. The van der Waals surface area contributed by atoms with Crippen molar-refractivity contribution in [3.8, 4) is 0 Å². The highest BCUT2D eigenvalue weighted by molar-refractivity contribution is 7.10. The van der Waals surface area contributed by atoms with Gasteiger partial charge in [-0.1, -0.05) is 11.6 Å². The number of rotatable bonds is 4. The summed E-state index contributed by atoms with van der Waals surface area (Å²) in [6, 6.07) is 2.02. The SMILES string of the molecule is CC1OCCC1CNCc1cc(Cl)cs1. The molecule has 1 aliphatic rings. The average Bonchev–Trinajstić information content (AvgIpc) is 2.77. The van der Waals surface area contributed by atoms with E-state index < -0.39 is 0 Å². The largest absolute Gasteiger partial charge is 0.378 e. The predicted molar refractivity (Wildman–Crippen MR) is 64.6 cm³/mol. The highest BCUT2D eigenvalue weighted by Gasteiger charge is 2.23. The van der Waals surface area contributed by atoms with Crippen LogP contribution in [0.3, 0.4) is 0 Å². The van der Waals surface area contributed by atoms with Gasteiger partial charge in [0.1, 0.15) is 0 Å². The Labute approximate surface area is 99.6 Å². The van der Waals surface area contributed by atoms with Crippen LogP contribution in [0.15, 0.2) is 11.4 Å². The molecule has 0 bridgehead atoms. The van der Waals surface area contributed by atoms with Crippen LogP contribution in [-0.4, -0.2) is 19.3 Å². The zero-order valence-corrected chi connectivity index (χ0v) is 10.4. The quantitative estimate of drug-likeness (QED) is 0.881. The van der Waals surface area contributed by atoms with Crippen molar-refractivity contribution in [2.75, 3.05) is 13.2 Å². The van der Waals surface area contributed by atoms with Gasteiger partial charge < -0.3 is 10.1 Å². The zero-order chi connectivity index (χ0) is 10.7. The number of thiophene rings is 1. The van der Waals surface area contributed by atoms with Gasteiger partial charge in [0.15, 0.2) is 0 Å². The molecule has 2 heterocycles. The van der Waals surface area contributed by atoms with E-state index in [0.29, 0.717) is 12.0 Å². The molecular formula is C11H16ClNOS. The molecule has 1 saturated heterocycles. The molecule has 0 aliphatic carbocycles. The molecule has 1 fully saturated rings. The smallest absolute Gasteiger partial charge is 0.0588 e. The normalized spacial score (nSPS) is 26.0. The fourth-order valence-electron chi connectivity index (χ4n) is 1.87. The van der Waals surface area contributed by atoms with Gasteiger partial charge in [-0.3, -0.25) is 0 Å². The average molecular weight is 246 g/mol. The van der Waals surface area contributed by atoms with Gasteiger partial charge in [0.05, 0.1) is 11.1 Å². The van der Waals surface area contributed by atoms with E-state index in [0.717, 1.165) is 24.7 Å². The number of halogens is 1. The van der Waals surface area contributed by atoms with Gasteiger partial charge in [-0.15, -0.1) is 11.3 Å². The Morgan fingerprint density at radius 2 is 2.53 bits per heavy atom. The maximum absolute atomic E-state index is 5.85. The minimum absolute atomic E-state index is 0.407. The first-order valence-corrected chi connectivity index (χ1v) is 6.56. The fraction of sp³-hybridized carbons (Fsp3) is 0.636. The van der Waals surface area contributed by atoms with Crippen LogP contribution in [0.5, 0.6) is 0 Å². The number of ether oxygens (including phenoxy) is 1. The van der Waals surface area contributed by atoms with Crippen LogP contribution in [-0.2, 0) is 11.3 Å². The summed E-state index contributed by atoms with van der Waals surface area (Å²) >= 11 is 7.56. The molecule has 2 rings (SSSR count). The minimum Gasteiger partial charge on any atom is -0.378 e. The monoisotopic (exact) mass is 245 g/mol. The Bertz CT molecular complexity index is 315. The van der Waals surface area contributed by atoms with E-state index in [1.807, 2.05) is 11.4 Å². The molecule has 0 aromatic carbocycles. The summed E-state index contributed by atoms with van der Waals surface area (Å²) in [5.74, 6) is 0.667. The Kier molecular flexibility index (Phi) is 4.03. The molecule has 0 radical (unpaired) electrons. The van der Waals surface area contributed by atoms with Crippen molar-refractivity contribution in [1.82, 2.24) is 5.32 Å². The van der Waals surface area contributed by atoms with E-state index in [9.17, 15) is 0 Å². The van der Waals surface area contributed by atoms with Gasteiger partial charge in [-0.05, 0) is 25.3 Å². The summed E-state index contributed by atoms with van der Waals surface area (Å²) in [6.07, 6.45) is 1.59. The highest BCUT2D eigenvalue weighted by atomic mass is 35.5. The Morgan fingerprint density at radius 1 is 1.67 bits per heavy atom. The topological polar surface area (TPSA) is 21.3 Å². The molecular weight excluding hydrogens is 230 g/mol. The van der Waals surface area contributed by atoms with Crippen LogP contribution < -0.4 is 5.32 Å². The number of hydrogen-bond donors (Lipinski definition) is 1. The second kappa shape index (κ2) is 5.30. The van der Waals surface area contributed by atoms with Crippen molar-refractivity contribution in [2.24, 2.45) is 5.92 Å². The lowest BCUT2D eigenvalue weighted by Crippen LogP contribution is -2.26. The second-order valence-electron chi connectivity index (χ2n) is 3.99. The van der Waals surface area contributed by atoms with Crippen LogP contribution in [0.2, 0.25) is 5.02 Å². The summed E-state index contributed by atoms with van der Waals surface area (Å²) in [5, 5.41) is 6.27. The van der Waals surface area contributed by atoms with Crippen molar-refractivity contribution in [2.45, 2.75) is 26.0 Å². The van der Waals surface area contributed by atoms with E-state index in [1.165, 1.54) is 11.3 Å². The summed E-state index contributed by atoms with van der Waals surface area (Å²) < 4.78 is 5.51. The summed E-state index contributed by atoms with van der Waals surface area (Å²) in [4.78, 5) is 1.30. The first-order chi connectivity index (χ1) is 7.25. The van der Waals surface area contributed by atoms with Gasteiger partial charge in [-0.25, -0.2) is 0 Å². The second-order valence-corrected chi connectivity index (χ2v) is 5.42. The van der Waals surface area contributed by atoms with Crippen molar-refractivity contribution in [3.63, 3.8) is 0 Å². The van der Waals surface area contributed by atoms with Crippen molar-refractivity contribution in [3.05, 3.63) is 21.3 Å². The third-order valence-corrected chi connectivity index (χ3v) is 4.15. The summed E-state index contributed by atoms with van der Waals surface area (Å²) in [5.41, 5.74) is 0. The molecule has 0 amide bonds. The van der Waals surface area contributed by atoms with Crippen LogP contribution in [0, 0.1) is 5.92 Å². The van der Waals surface area contributed by atoms with Crippen molar-refractivity contribution >= 4 is 22.9 Å². The number of nitrogens with one attached hydrogen (secondary N) is 1. The molecule has 0 spiro atoms. The third-order valence-electron chi connectivity index (χ3n) is 2.86. The molecule has 0 saturated carbocycles. The van der Waals surface area contributed by atoms with Crippen LogP contribution in [0.25, 0.3) is 0 Å². The number of hydrogen-bond acceptors (Lipinski definition) is 3. The molecule has 84 valence electrons. The lowest BCUT2D eigenvalue weighted by molar-refractivity contribution is 0.105. The predicted octanol–water partition coefficient (Wildman–Crippen LogP) is 2.92. The lowest BCUT2D eigenvalue weighted by Gasteiger charge is -2.14. The van der Waals surface area contributed by atoms with Crippen molar-refractivity contribution in [1.29, 1.82) is 0 Å². The molecule has 1 aromatic heterocycles. The van der Waals surface area contributed by atoms with Crippen LogP contribution in [0.4, 0.5) is 0 Å². The van der Waals surface area contributed by atoms with Gasteiger partial charge >= 0.3 is 0 Å². The van der Waals surface area contributed by atoms with Gasteiger partial charge in [-0.2, -0.15) is 0 Å². The maximum atomic E-state index is 5.85. The van der Waals surface area contributed by atoms with E-state index in [1.54, 1.807) is 11.3 Å². The van der Waals surface area contributed by atoms with Gasteiger partial charge in [0.2, 0.25) is 0 Å². The summed E-state index contributed by atoms with van der Waals surface area (Å²) in [6.45, 7) is 5.02. The van der Waals surface area contributed by atoms with Crippen LogP contribution >= 0.6 is 22.9 Å². The molecule has 15 heavy (non-hydrogen) atoms. The summed E-state index contributed by atoms with van der Waals surface area (Å²) in [7, 11) is 0. The standard InChI is InChI=1S/C11H16ClNOS/c1-8-9(2-3-14-8)5-13-6-11-4-10(12)7-15-11/h4,7-9,13H,2-3,5-6H2,1H3. The molecule has 1 N–H and O–H groups in total. The Hall–Kier alpha value is -0.0900. The van der Waals surface area contributed by atoms with Gasteiger partial charge in [0.25, 0.3) is 0 Å². The Balaban J connectivity index is 1.70. The maximum Gasteiger partial charge on any atom is 0.0588 e. The van der Waals surface area contributed by atoms with E-state index >= 15 is 0 Å². The Morgan fingerprint density at radius 3 is 3.13 bits per heavy atom. The first kappa shape index (κ1) is 11.4. The molecule has 2 atom stereocenters. The van der Waals surface area contributed by atoms with Crippen molar-refractivity contribution < 1.29 is 4.74 Å². The fourth-order valence-corrected chi connectivity index (χ4v) is 2.91. The lowest BCUT2D eigenvalue weighted by atomic mass is 10.0. The molecule has 1 aliphatic heterocycles. The third kappa shape index (κ3) is 3.18.